The van der Waals surface area contributed by atoms with Crippen molar-refractivity contribution in [3.05, 3.63) is 79.2 Å². The molecule has 9 heteroatoms. The Balaban J connectivity index is 1.48. The predicted molar refractivity (Wildman–Crippen MR) is 165 cm³/mol. The fourth-order valence-corrected chi connectivity index (χ4v) is 7.06. The number of fused-ring (bicyclic) bond motifs is 1. The van der Waals surface area contributed by atoms with Crippen LogP contribution in [0.1, 0.15) is 72.8 Å². The summed E-state index contributed by atoms with van der Waals surface area (Å²) in [6.07, 6.45) is 7.64. The first-order valence-electron chi connectivity index (χ1n) is 13.9. The number of halogens is 1. The van der Waals surface area contributed by atoms with E-state index in [4.69, 9.17) is 16.6 Å². The minimum Gasteiger partial charge on any atom is -0.366 e. The molecule has 1 fully saturated rings. The van der Waals surface area contributed by atoms with Gasteiger partial charge < -0.3 is 10.2 Å². The van der Waals surface area contributed by atoms with Crippen LogP contribution in [0.4, 0.5) is 22.1 Å². The van der Waals surface area contributed by atoms with Crippen molar-refractivity contribution in [2.75, 3.05) is 23.3 Å². The quantitative estimate of drug-likeness (QED) is 0.180. The van der Waals surface area contributed by atoms with E-state index in [0.29, 0.717) is 38.4 Å². The van der Waals surface area contributed by atoms with Gasteiger partial charge in [0.2, 0.25) is 0 Å². The molecule has 1 aromatic heterocycles. The summed E-state index contributed by atoms with van der Waals surface area (Å²) in [7, 11) is 0. The summed E-state index contributed by atoms with van der Waals surface area (Å²) in [6, 6.07) is 12.3. The van der Waals surface area contributed by atoms with Crippen molar-refractivity contribution < 1.29 is 9.72 Å². The van der Waals surface area contributed by atoms with E-state index in [0.717, 1.165) is 57.2 Å². The summed E-state index contributed by atoms with van der Waals surface area (Å²) in [6.45, 7) is 8.46. The van der Waals surface area contributed by atoms with Gasteiger partial charge >= 0.3 is 0 Å². The fourth-order valence-electron chi connectivity index (χ4n) is 5.66. The molecule has 2 heterocycles. The number of nitrogens with one attached hydrogen (secondary N) is 1. The molecule has 0 bridgehead atoms. The summed E-state index contributed by atoms with van der Waals surface area (Å²) in [4.78, 5) is 33.3. The number of carbonyl (C=O) groups excluding carboxylic acids is 1. The molecule has 7 nitrogen and oxygen atoms in total. The lowest BCUT2D eigenvalue weighted by molar-refractivity contribution is -0.384. The molecule has 3 aromatic rings. The van der Waals surface area contributed by atoms with Crippen molar-refractivity contribution in [3.63, 3.8) is 0 Å². The van der Waals surface area contributed by atoms with E-state index in [1.807, 2.05) is 12.1 Å². The number of benzene rings is 2. The molecule has 1 saturated heterocycles. The number of rotatable bonds is 6. The third-order valence-electron chi connectivity index (χ3n) is 8.02. The molecule has 210 valence electrons. The van der Waals surface area contributed by atoms with Gasteiger partial charge in [0.1, 0.15) is 10.7 Å². The zero-order valence-corrected chi connectivity index (χ0v) is 24.8. The number of aliphatic imine (C=N–C) groups is 1. The molecule has 1 amide bonds. The zero-order chi connectivity index (χ0) is 28.4. The molecule has 0 saturated carbocycles. The smallest absolute Gasteiger partial charge is 0.293 e. The maximum absolute atomic E-state index is 13.6. The first-order chi connectivity index (χ1) is 19.1. The Morgan fingerprint density at radius 2 is 1.88 bits per heavy atom. The largest absolute Gasteiger partial charge is 0.366 e. The third-order valence-corrected chi connectivity index (χ3v) is 9.44. The van der Waals surface area contributed by atoms with E-state index in [1.54, 1.807) is 47.9 Å². The number of piperidine rings is 1. The number of hydrogen-bond acceptors (Lipinski definition) is 6. The minimum atomic E-state index is -0.317. The molecule has 1 aliphatic heterocycles. The van der Waals surface area contributed by atoms with Crippen LogP contribution in [0.3, 0.4) is 0 Å². The van der Waals surface area contributed by atoms with E-state index in [2.05, 4.69) is 31.0 Å². The van der Waals surface area contributed by atoms with Crippen molar-refractivity contribution >= 4 is 57.1 Å². The van der Waals surface area contributed by atoms with Gasteiger partial charge in [-0.15, -0.1) is 11.3 Å². The van der Waals surface area contributed by atoms with E-state index in [1.165, 1.54) is 4.88 Å². The third kappa shape index (κ3) is 6.23. The monoisotopic (exact) mass is 578 g/mol. The predicted octanol–water partition coefficient (Wildman–Crippen LogP) is 8.45. The van der Waals surface area contributed by atoms with Crippen molar-refractivity contribution in [2.24, 2.45) is 16.3 Å². The molecular formula is C31H35ClN4O3S. The Morgan fingerprint density at radius 3 is 2.55 bits per heavy atom. The van der Waals surface area contributed by atoms with Gasteiger partial charge in [-0.25, -0.2) is 4.99 Å². The minimum absolute atomic E-state index is 0.0880. The number of nitrogens with zero attached hydrogens (tertiary/aromatic N) is 3. The van der Waals surface area contributed by atoms with Crippen LogP contribution in [0.15, 0.2) is 47.5 Å². The van der Waals surface area contributed by atoms with Crippen LogP contribution in [0.2, 0.25) is 5.02 Å². The Kier molecular flexibility index (Phi) is 8.29. The highest BCUT2D eigenvalue weighted by Gasteiger charge is 2.33. The highest BCUT2D eigenvalue weighted by molar-refractivity contribution is 7.16. The summed E-state index contributed by atoms with van der Waals surface area (Å²) >= 11 is 7.58. The number of carbonyl (C=O) groups is 1. The van der Waals surface area contributed by atoms with E-state index < -0.39 is 0 Å². The van der Waals surface area contributed by atoms with Crippen LogP contribution in [-0.2, 0) is 12.8 Å². The van der Waals surface area contributed by atoms with Gasteiger partial charge in [0.15, 0.2) is 0 Å². The fraction of sp³-hybridized carbons (Fsp3) is 0.419. The van der Waals surface area contributed by atoms with E-state index >= 15 is 0 Å². The highest BCUT2D eigenvalue weighted by atomic mass is 35.5. The Hall–Kier alpha value is -3.23. The second kappa shape index (κ2) is 11.7. The van der Waals surface area contributed by atoms with E-state index in [9.17, 15) is 14.9 Å². The average molecular weight is 579 g/mol. The Labute approximate surface area is 244 Å². The van der Waals surface area contributed by atoms with Crippen molar-refractivity contribution in [1.29, 1.82) is 0 Å². The summed E-state index contributed by atoms with van der Waals surface area (Å²) < 4.78 is 0. The van der Waals surface area contributed by atoms with Crippen LogP contribution >= 0.6 is 22.9 Å². The molecule has 1 aliphatic carbocycles. The number of amides is 1. The number of anilines is 2. The summed E-state index contributed by atoms with van der Waals surface area (Å²) in [5.41, 5.74) is 3.88. The topological polar surface area (TPSA) is 87.8 Å². The number of nitro groups is 1. The van der Waals surface area contributed by atoms with Crippen LogP contribution in [0.5, 0.6) is 0 Å². The molecule has 1 N–H and O–H groups in total. The SMILES string of the molecule is CC(C)(C)[C@H]1CCc2c(sc(N=Cc3ccc(N4CCCCC4)c([N+](=O)[O-])c3)c2C(=O)Nc2ccc(Cl)cc2)C1. The molecule has 1 atom stereocenters. The zero-order valence-electron chi connectivity index (χ0n) is 23.2. The van der Waals surface area contributed by atoms with Gasteiger partial charge in [-0.2, -0.15) is 0 Å². The number of nitro benzene ring substituents is 1. The maximum atomic E-state index is 13.6. The average Bonchev–Trinajstić information content (AvgIpc) is 3.31. The van der Waals surface area contributed by atoms with Gasteiger partial charge in [0.05, 0.1) is 10.5 Å². The summed E-state index contributed by atoms with van der Waals surface area (Å²) in [5.74, 6) is 0.320. The number of thiophene rings is 1. The van der Waals surface area contributed by atoms with Gasteiger partial charge in [-0.3, -0.25) is 14.9 Å². The lowest BCUT2D eigenvalue weighted by atomic mass is 9.72. The van der Waals surface area contributed by atoms with Crippen molar-refractivity contribution in [1.82, 2.24) is 0 Å². The first kappa shape index (κ1) is 28.3. The lowest BCUT2D eigenvalue weighted by Crippen LogP contribution is -2.29. The molecule has 2 aromatic carbocycles. The number of hydrogen-bond donors (Lipinski definition) is 1. The molecule has 0 spiro atoms. The van der Waals surface area contributed by atoms with Crippen LogP contribution < -0.4 is 10.2 Å². The van der Waals surface area contributed by atoms with Gasteiger partial charge in [-0.05, 0) is 91.3 Å². The normalized spacial score (nSPS) is 17.6. The van der Waals surface area contributed by atoms with Crippen molar-refractivity contribution in [2.45, 2.75) is 59.3 Å². The standard InChI is InChI=1S/C31H35ClN4O3S/c1-31(2,3)21-8-13-24-27(18-21)40-30(28(24)29(37)34-23-11-9-22(32)10-12-23)33-19-20-7-14-25(26(17-20)36(38)39)35-15-5-4-6-16-35/h7,9-12,14,17,19,21H,4-6,8,13,15-16,18H2,1-3H3,(H,34,37)/t21-/m0/s1. The second-order valence-electron chi connectivity index (χ2n) is 11.8. The van der Waals surface area contributed by atoms with Gasteiger partial charge in [0, 0.05) is 41.0 Å². The second-order valence-corrected chi connectivity index (χ2v) is 13.3. The van der Waals surface area contributed by atoms with Gasteiger partial charge in [0.25, 0.3) is 11.6 Å². The summed E-state index contributed by atoms with van der Waals surface area (Å²) in [5, 5.41) is 16.2. The molecule has 40 heavy (non-hydrogen) atoms. The van der Waals surface area contributed by atoms with Crippen LogP contribution in [0, 0.1) is 21.4 Å². The molecule has 5 rings (SSSR count). The Bertz CT molecular complexity index is 1440. The van der Waals surface area contributed by atoms with Crippen molar-refractivity contribution in [3.8, 4) is 0 Å². The van der Waals surface area contributed by atoms with Crippen LogP contribution in [-0.4, -0.2) is 30.1 Å². The highest BCUT2D eigenvalue weighted by Crippen LogP contribution is 2.45. The van der Waals surface area contributed by atoms with Crippen LogP contribution in [0.25, 0.3) is 0 Å². The van der Waals surface area contributed by atoms with E-state index in [-0.39, 0.29) is 21.9 Å². The molecular weight excluding hydrogens is 544 g/mol. The molecule has 0 radical (unpaired) electrons. The molecule has 0 unspecified atom stereocenters. The molecule has 2 aliphatic rings. The van der Waals surface area contributed by atoms with Gasteiger partial charge in [-0.1, -0.05) is 38.4 Å². The Morgan fingerprint density at radius 1 is 1.15 bits per heavy atom. The first-order valence-corrected chi connectivity index (χ1v) is 15.1. The lowest BCUT2D eigenvalue weighted by Gasteiger charge is -2.33. The maximum Gasteiger partial charge on any atom is 0.293 e.